The molecule has 0 atom stereocenters. The molecule has 5 heteroatoms. The Morgan fingerprint density at radius 3 is 2.41 bits per heavy atom. The van der Waals surface area contributed by atoms with Gasteiger partial charge in [0.25, 0.3) is 5.91 Å². The zero-order chi connectivity index (χ0) is 13.1. The van der Waals surface area contributed by atoms with E-state index in [0.29, 0.717) is 19.6 Å². The van der Waals surface area contributed by atoms with E-state index in [1.165, 1.54) is 11.1 Å². The molecule has 0 aromatic carbocycles. The maximum atomic E-state index is 11.9. The van der Waals surface area contributed by atoms with Gasteiger partial charge in [0.05, 0.1) is 6.61 Å². The Bertz CT molecular complexity index is 332. The van der Waals surface area contributed by atoms with Gasteiger partial charge in [0, 0.05) is 25.8 Å². The SMILES string of the molecule is C=CCN(CC=C)C(=O)/C(C#N)=C\NCCO. The summed E-state index contributed by atoms with van der Waals surface area (Å²) in [6, 6.07) is 1.82. The second-order valence-corrected chi connectivity index (χ2v) is 3.14. The summed E-state index contributed by atoms with van der Waals surface area (Å²) in [4.78, 5) is 13.3. The minimum atomic E-state index is -0.391. The van der Waals surface area contributed by atoms with E-state index in [-0.39, 0.29) is 12.2 Å². The number of nitrogens with zero attached hydrogens (tertiary/aromatic N) is 2. The molecule has 0 aliphatic carbocycles. The van der Waals surface area contributed by atoms with Crippen LogP contribution in [-0.2, 0) is 4.79 Å². The quantitative estimate of drug-likeness (QED) is 0.272. The molecule has 2 N–H and O–H groups in total. The van der Waals surface area contributed by atoms with Crippen LogP contribution in [0.1, 0.15) is 0 Å². The molecule has 0 saturated heterocycles. The van der Waals surface area contributed by atoms with Crippen molar-refractivity contribution in [1.82, 2.24) is 10.2 Å². The Kier molecular flexibility index (Phi) is 8.07. The van der Waals surface area contributed by atoms with E-state index in [9.17, 15) is 4.79 Å². The van der Waals surface area contributed by atoms with Crippen LogP contribution in [-0.4, -0.2) is 42.2 Å². The number of amides is 1. The lowest BCUT2D eigenvalue weighted by Gasteiger charge is -2.18. The Morgan fingerprint density at radius 1 is 1.41 bits per heavy atom. The predicted molar refractivity (Wildman–Crippen MR) is 65.8 cm³/mol. The molecule has 0 heterocycles. The Morgan fingerprint density at radius 2 is 2.00 bits per heavy atom. The van der Waals surface area contributed by atoms with Gasteiger partial charge in [-0.1, -0.05) is 12.2 Å². The monoisotopic (exact) mass is 235 g/mol. The number of rotatable bonds is 8. The number of carbonyl (C=O) groups excluding carboxylic acids is 1. The third kappa shape index (κ3) is 5.54. The van der Waals surface area contributed by atoms with Crippen molar-refractivity contribution >= 4 is 5.91 Å². The minimum Gasteiger partial charge on any atom is -0.395 e. The summed E-state index contributed by atoms with van der Waals surface area (Å²) in [5, 5.41) is 20.1. The van der Waals surface area contributed by atoms with Gasteiger partial charge < -0.3 is 15.3 Å². The lowest BCUT2D eigenvalue weighted by Crippen LogP contribution is -2.32. The summed E-state index contributed by atoms with van der Waals surface area (Å²) in [6.45, 7) is 8.03. The number of carbonyl (C=O) groups is 1. The van der Waals surface area contributed by atoms with E-state index in [0.717, 1.165) is 0 Å². The van der Waals surface area contributed by atoms with Gasteiger partial charge >= 0.3 is 0 Å². The topological polar surface area (TPSA) is 76.4 Å². The van der Waals surface area contributed by atoms with E-state index in [2.05, 4.69) is 18.5 Å². The third-order valence-corrected chi connectivity index (χ3v) is 1.84. The lowest BCUT2D eigenvalue weighted by molar-refractivity contribution is -0.125. The number of hydrogen-bond donors (Lipinski definition) is 2. The van der Waals surface area contributed by atoms with E-state index in [4.69, 9.17) is 10.4 Å². The highest BCUT2D eigenvalue weighted by Crippen LogP contribution is 2.00. The molecule has 0 aromatic rings. The molecule has 0 aliphatic rings. The van der Waals surface area contributed by atoms with Crippen molar-refractivity contribution in [2.75, 3.05) is 26.2 Å². The van der Waals surface area contributed by atoms with Crippen molar-refractivity contribution in [2.24, 2.45) is 0 Å². The molecule has 0 spiro atoms. The highest BCUT2D eigenvalue weighted by atomic mass is 16.3. The van der Waals surface area contributed by atoms with E-state index < -0.39 is 5.91 Å². The first-order valence-corrected chi connectivity index (χ1v) is 5.16. The van der Waals surface area contributed by atoms with E-state index in [1.807, 2.05) is 6.07 Å². The molecule has 5 nitrogen and oxygen atoms in total. The van der Waals surface area contributed by atoms with Crippen LogP contribution in [0, 0.1) is 11.3 Å². The van der Waals surface area contributed by atoms with Gasteiger partial charge in [-0.3, -0.25) is 4.79 Å². The summed E-state index contributed by atoms with van der Waals surface area (Å²) in [7, 11) is 0. The second kappa shape index (κ2) is 9.19. The first-order valence-electron chi connectivity index (χ1n) is 5.16. The van der Waals surface area contributed by atoms with Gasteiger partial charge in [0.1, 0.15) is 11.6 Å². The molecule has 1 amide bonds. The molecular formula is C12H17N3O2. The van der Waals surface area contributed by atoms with Crippen molar-refractivity contribution in [3.05, 3.63) is 37.1 Å². The average molecular weight is 235 g/mol. The van der Waals surface area contributed by atoms with Crippen LogP contribution < -0.4 is 5.32 Å². The maximum absolute atomic E-state index is 11.9. The molecular weight excluding hydrogens is 218 g/mol. The number of aliphatic hydroxyl groups excluding tert-OH is 1. The Hall–Kier alpha value is -2.06. The Labute approximate surface area is 101 Å². The minimum absolute atomic E-state index is 0.0119. The summed E-state index contributed by atoms with van der Waals surface area (Å²) in [6.07, 6.45) is 4.47. The highest BCUT2D eigenvalue weighted by Gasteiger charge is 2.15. The number of aliphatic hydroxyl groups is 1. The van der Waals surface area contributed by atoms with Crippen LogP contribution in [0.2, 0.25) is 0 Å². The van der Waals surface area contributed by atoms with Crippen LogP contribution in [0.4, 0.5) is 0 Å². The van der Waals surface area contributed by atoms with Crippen LogP contribution >= 0.6 is 0 Å². The average Bonchev–Trinajstić information content (AvgIpc) is 2.34. The number of hydrogen-bond acceptors (Lipinski definition) is 4. The van der Waals surface area contributed by atoms with Crippen LogP contribution in [0.5, 0.6) is 0 Å². The van der Waals surface area contributed by atoms with Crippen LogP contribution in [0.25, 0.3) is 0 Å². The van der Waals surface area contributed by atoms with Crippen LogP contribution in [0.3, 0.4) is 0 Å². The van der Waals surface area contributed by atoms with Gasteiger partial charge in [-0.25, -0.2) is 0 Å². The van der Waals surface area contributed by atoms with Crippen molar-refractivity contribution in [2.45, 2.75) is 0 Å². The smallest absolute Gasteiger partial charge is 0.266 e. The van der Waals surface area contributed by atoms with Crippen molar-refractivity contribution in [1.29, 1.82) is 5.26 Å². The normalized spacial score (nSPS) is 10.2. The van der Waals surface area contributed by atoms with E-state index >= 15 is 0 Å². The predicted octanol–water partition coefficient (Wildman–Crippen LogP) is 0.176. The zero-order valence-corrected chi connectivity index (χ0v) is 9.72. The molecule has 92 valence electrons. The van der Waals surface area contributed by atoms with Crippen molar-refractivity contribution in [3.8, 4) is 6.07 Å². The molecule has 17 heavy (non-hydrogen) atoms. The molecule has 0 unspecified atom stereocenters. The van der Waals surface area contributed by atoms with Crippen molar-refractivity contribution in [3.63, 3.8) is 0 Å². The summed E-state index contributed by atoms with van der Waals surface area (Å²) in [5.41, 5.74) is -0.0119. The van der Waals surface area contributed by atoms with Gasteiger partial charge in [0.15, 0.2) is 0 Å². The summed E-state index contributed by atoms with van der Waals surface area (Å²) < 4.78 is 0. The summed E-state index contributed by atoms with van der Waals surface area (Å²) >= 11 is 0. The number of nitriles is 1. The van der Waals surface area contributed by atoms with Gasteiger partial charge in [-0.05, 0) is 0 Å². The Balaban J connectivity index is 4.69. The molecule has 0 aliphatic heterocycles. The molecule has 0 radical (unpaired) electrons. The number of nitrogens with one attached hydrogen (secondary N) is 1. The molecule has 0 rings (SSSR count). The third-order valence-electron chi connectivity index (χ3n) is 1.84. The molecule has 0 bridgehead atoms. The first-order chi connectivity index (χ1) is 8.21. The molecule has 0 saturated carbocycles. The van der Waals surface area contributed by atoms with Gasteiger partial charge in [-0.2, -0.15) is 5.26 Å². The van der Waals surface area contributed by atoms with Gasteiger partial charge in [-0.15, -0.1) is 13.2 Å². The van der Waals surface area contributed by atoms with E-state index in [1.54, 1.807) is 12.2 Å². The molecule has 0 fully saturated rings. The first kappa shape index (κ1) is 14.9. The standard InChI is InChI=1S/C12H17N3O2/c1-3-6-15(7-4-2)12(17)11(9-13)10-14-5-8-16/h3-4,10,14,16H,1-2,5-8H2/b11-10-. The fraction of sp³-hybridized carbons (Fsp3) is 0.333. The fourth-order valence-electron chi connectivity index (χ4n) is 1.10. The summed E-state index contributed by atoms with van der Waals surface area (Å²) in [5.74, 6) is -0.391. The highest BCUT2D eigenvalue weighted by molar-refractivity contribution is 5.97. The molecule has 0 aromatic heterocycles. The lowest BCUT2D eigenvalue weighted by atomic mass is 10.2. The second-order valence-electron chi connectivity index (χ2n) is 3.14. The van der Waals surface area contributed by atoms with Gasteiger partial charge in [0.2, 0.25) is 0 Å². The largest absolute Gasteiger partial charge is 0.395 e. The fourth-order valence-corrected chi connectivity index (χ4v) is 1.10. The van der Waals surface area contributed by atoms with Crippen molar-refractivity contribution < 1.29 is 9.90 Å². The van der Waals surface area contributed by atoms with Crippen LogP contribution in [0.15, 0.2) is 37.1 Å². The zero-order valence-electron chi connectivity index (χ0n) is 9.72. The maximum Gasteiger partial charge on any atom is 0.266 e.